The van der Waals surface area contributed by atoms with Crippen molar-refractivity contribution in [3.05, 3.63) is 40.2 Å². The van der Waals surface area contributed by atoms with Crippen molar-refractivity contribution in [2.75, 3.05) is 0 Å². The van der Waals surface area contributed by atoms with Crippen molar-refractivity contribution in [3.8, 4) is 0 Å². The normalized spacial score (nSPS) is 11.2. The number of hydrogen-bond donors (Lipinski definition) is 1. The van der Waals surface area contributed by atoms with Crippen LogP contribution < -0.4 is 0 Å². The Bertz CT molecular complexity index is 694. The minimum Gasteiger partial charge on any atom is -0.477 e. The maximum absolute atomic E-state index is 10.9. The average molecular weight is 307 g/mol. The molecule has 0 aliphatic rings. The average Bonchev–Trinajstić information content (AvgIpc) is 2.72. The van der Waals surface area contributed by atoms with Gasteiger partial charge in [-0.05, 0) is 31.6 Å². The van der Waals surface area contributed by atoms with Gasteiger partial charge in [-0.2, -0.15) is 5.10 Å². The molecule has 110 valence electrons. The van der Waals surface area contributed by atoms with Gasteiger partial charge in [0.25, 0.3) is 0 Å². The molecule has 21 heavy (non-hydrogen) atoms. The Morgan fingerprint density at radius 1 is 1.43 bits per heavy atom. The quantitative estimate of drug-likeness (QED) is 0.918. The lowest BCUT2D eigenvalue weighted by atomic mass is 10.2. The van der Waals surface area contributed by atoms with E-state index in [2.05, 4.69) is 22.0 Å². The fraction of sp³-hybridized carbons (Fsp3) is 0.286. The molecule has 0 amide bonds. The highest BCUT2D eigenvalue weighted by Gasteiger charge is 2.10. The summed E-state index contributed by atoms with van der Waals surface area (Å²) < 4.78 is 1.83. The van der Waals surface area contributed by atoms with Crippen molar-refractivity contribution in [2.45, 2.75) is 26.8 Å². The molecule has 0 fully saturated rings. The summed E-state index contributed by atoms with van der Waals surface area (Å²) in [5, 5.41) is 13.9. The molecule has 0 spiro atoms. The Morgan fingerprint density at radius 2 is 2.19 bits per heavy atom. The number of aromatic carboxylic acids is 1. The molecular weight excluding hydrogens is 292 g/mol. The van der Waals surface area contributed by atoms with E-state index < -0.39 is 5.97 Å². The lowest BCUT2D eigenvalue weighted by molar-refractivity contribution is 0.0690. The van der Waals surface area contributed by atoms with Gasteiger partial charge in [0.15, 0.2) is 5.69 Å². The first-order valence-electron chi connectivity index (χ1n) is 6.49. The van der Waals surface area contributed by atoms with Crippen molar-refractivity contribution in [2.24, 2.45) is 0 Å². The molecule has 0 aromatic carbocycles. The van der Waals surface area contributed by atoms with E-state index in [9.17, 15) is 4.79 Å². The third-order valence-corrected chi connectivity index (χ3v) is 3.31. The Labute approximate surface area is 127 Å². The van der Waals surface area contributed by atoms with Crippen molar-refractivity contribution >= 4 is 29.7 Å². The van der Waals surface area contributed by atoms with E-state index in [0.717, 1.165) is 24.4 Å². The largest absolute Gasteiger partial charge is 0.477 e. The van der Waals surface area contributed by atoms with Crippen molar-refractivity contribution in [1.29, 1.82) is 0 Å². The molecular formula is C14H15ClN4O2. The van der Waals surface area contributed by atoms with Gasteiger partial charge < -0.3 is 5.11 Å². The predicted octanol–water partition coefficient (Wildman–Crippen LogP) is 2.91. The van der Waals surface area contributed by atoms with Crippen LogP contribution in [0.4, 0.5) is 0 Å². The van der Waals surface area contributed by atoms with Crippen LogP contribution >= 0.6 is 11.6 Å². The van der Waals surface area contributed by atoms with E-state index in [1.807, 2.05) is 11.6 Å². The topological polar surface area (TPSA) is 80.9 Å². The third kappa shape index (κ3) is 3.46. The number of carbonyl (C=O) groups is 1. The molecule has 0 aliphatic carbocycles. The standard InChI is InChI=1S/C14H15ClN4O2/c1-3-6-19-12(13(15)9(2)18-19)5-4-10-7-11(14(20)21)17-8-16-10/h4-5,7-8H,3,6H2,1-2H3,(H,20,21)/b5-4+. The number of rotatable bonds is 5. The van der Waals surface area contributed by atoms with E-state index in [4.69, 9.17) is 16.7 Å². The zero-order chi connectivity index (χ0) is 15.4. The number of carboxylic acids is 1. The summed E-state index contributed by atoms with van der Waals surface area (Å²) in [5.41, 5.74) is 2.00. The molecule has 0 radical (unpaired) electrons. The molecule has 0 unspecified atom stereocenters. The molecule has 0 atom stereocenters. The van der Waals surface area contributed by atoms with Gasteiger partial charge in [-0.3, -0.25) is 4.68 Å². The smallest absolute Gasteiger partial charge is 0.354 e. The van der Waals surface area contributed by atoms with Gasteiger partial charge in [0.2, 0.25) is 0 Å². The number of hydrogen-bond acceptors (Lipinski definition) is 4. The van der Waals surface area contributed by atoms with Crippen LogP contribution in [0.2, 0.25) is 5.02 Å². The van der Waals surface area contributed by atoms with Crippen molar-refractivity contribution in [3.63, 3.8) is 0 Å². The Kier molecular flexibility index (Phi) is 4.70. The SMILES string of the molecule is CCCn1nc(C)c(Cl)c1/C=C/c1cc(C(=O)O)ncn1. The Balaban J connectivity index is 2.33. The summed E-state index contributed by atoms with van der Waals surface area (Å²) in [4.78, 5) is 18.6. The van der Waals surface area contributed by atoms with Gasteiger partial charge in [-0.1, -0.05) is 18.5 Å². The lowest BCUT2D eigenvalue weighted by Gasteiger charge is -2.02. The summed E-state index contributed by atoms with van der Waals surface area (Å²) in [6.45, 7) is 4.67. The minimum atomic E-state index is -1.09. The number of aromatic nitrogens is 4. The first-order valence-corrected chi connectivity index (χ1v) is 6.87. The van der Waals surface area contributed by atoms with Gasteiger partial charge >= 0.3 is 5.97 Å². The maximum atomic E-state index is 10.9. The van der Waals surface area contributed by atoms with Gasteiger partial charge in [-0.15, -0.1) is 0 Å². The zero-order valence-corrected chi connectivity index (χ0v) is 12.5. The lowest BCUT2D eigenvalue weighted by Crippen LogP contribution is -2.02. The van der Waals surface area contributed by atoms with Crippen molar-refractivity contribution in [1.82, 2.24) is 19.7 Å². The fourth-order valence-electron chi connectivity index (χ4n) is 1.86. The molecule has 7 heteroatoms. The molecule has 0 bridgehead atoms. The van der Waals surface area contributed by atoms with Gasteiger partial charge in [-0.25, -0.2) is 14.8 Å². The van der Waals surface area contributed by atoms with Crippen LogP contribution in [0.1, 0.15) is 40.9 Å². The third-order valence-electron chi connectivity index (χ3n) is 2.85. The molecule has 0 aliphatic heterocycles. The fourth-order valence-corrected chi connectivity index (χ4v) is 2.06. The molecule has 2 aromatic rings. The highest BCUT2D eigenvalue weighted by Crippen LogP contribution is 2.22. The second-order valence-electron chi connectivity index (χ2n) is 4.47. The number of aryl methyl sites for hydroxylation is 2. The highest BCUT2D eigenvalue weighted by atomic mass is 35.5. The number of nitrogens with zero attached hydrogens (tertiary/aromatic N) is 4. The second-order valence-corrected chi connectivity index (χ2v) is 4.85. The van der Waals surface area contributed by atoms with Gasteiger partial charge in [0.05, 0.1) is 22.1 Å². The molecule has 2 aromatic heterocycles. The summed E-state index contributed by atoms with van der Waals surface area (Å²) in [7, 11) is 0. The van der Waals surface area contributed by atoms with E-state index in [1.165, 1.54) is 12.4 Å². The Morgan fingerprint density at radius 3 is 2.86 bits per heavy atom. The number of carboxylic acid groups (broad SMARTS) is 1. The number of halogens is 1. The van der Waals surface area contributed by atoms with Crippen LogP contribution in [-0.4, -0.2) is 30.8 Å². The first kappa shape index (κ1) is 15.2. The maximum Gasteiger partial charge on any atom is 0.354 e. The van der Waals surface area contributed by atoms with Crippen LogP contribution in [-0.2, 0) is 6.54 Å². The molecule has 6 nitrogen and oxygen atoms in total. The van der Waals surface area contributed by atoms with E-state index in [0.29, 0.717) is 10.7 Å². The van der Waals surface area contributed by atoms with Crippen LogP contribution in [0.25, 0.3) is 12.2 Å². The van der Waals surface area contributed by atoms with Crippen LogP contribution in [0.3, 0.4) is 0 Å². The van der Waals surface area contributed by atoms with Crippen LogP contribution in [0, 0.1) is 6.92 Å². The summed E-state index contributed by atoms with van der Waals surface area (Å²) in [6.07, 6.45) is 5.64. The van der Waals surface area contributed by atoms with E-state index in [1.54, 1.807) is 12.2 Å². The molecule has 0 saturated carbocycles. The minimum absolute atomic E-state index is 0.0472. The Hall–Kier alpha value is -2.21. The van der Waals surface area contributed by atoms with Gasteiger partial charge in [0, 0.05) is 6.54 Å². The molecule has 1 N–H and O–H groups in total. The van der Waals surface area contributed by atoms with E-state index in [-0.39, 0.29) is 5.69 Å². The molecule has 2 heterocycles. The zero-order valence-electron chi connectivity index (χ0n) is 11.7. The van der Waals surface area contributed by atoms with Crippen LogP contribution in [0.15, 0.2) is 12.4 Å². The monoisotopic (exact) mass is 306 g/mol. The molecule has 0 saturated heterocycles. The van der Waals surface area contributed by atoms with Crippen LogP contribution in [0.5, 0.6) is 0 Å². The highest BCUT2D eigenvalue weighted by molar-refractivity contribution is 6.32. The van der Waals surface area contributed by atoms with Gasteiger partial charge in [0.1, 0.15) is 6.33 Å². The summed E-state index contributed by atoms with van der Waals surface area (Å²) in [5.74, 6) is -1.09. The van der Waals surface area contributed by atoms with Crippen molar-refractivity contribution < 1.29 is 9.90 Å². The first-order chi connectivity index (χ1) is 10.0. The van der Waals surface area contributed by atoms with E-state index >= 15 is 0 Å². The summed E-state index contributed by atoms with van der Waals surface area (Å²) in [6, 6.07) is 1.40. The molecule has 2 rings (SSSR count). The second kappa shape index (κ2) is 6.49. The predicted molar refractivity (Wildman–Crippen MR) is 80.2 cm³/mol. The summed E-state index contributed by atoms with van der Waals surface area (Å²) >= 11 is 6.24.